The highest BCUT2D eigenvalue weighted by atomic mass is 79.9. The van der Waals surface area contributed by atoms with Gasteiger partial charge in [-0.1, -0.05) is 0 Å². The first-order valence-electron chi connectivity index (χ1n) is 6.54. The Kier molecular flexibility index (Phi) is 4.02. The van der Waals surface area contributed by atoms with Gasteiger partial charge in [0.25, 0.3) is 5.91 Å². The number of rotatable bonds is 3. The third kappa shape index (κ3) is 2.92. The zero-order valence-corrected chi connectivity index (χ0v) is 13.3. The first-order valence-corrected chi connectivity index (χ1v) is 7.33. The third-order valence-corrected chi connectivity index (χ3v) is 3.77. The molecule has 0 radical (unpaired) electrons. The molecule has 1 aromatic carbocycles. The zero-order chi connectivity index (χ0) is 15.5. The van der Waals surface area contributed by atoms with Crippen LogP contribution in [0, 0.1) is 0 Å². The molecule has 2 heterocycles. The van der Waals surface area contributed by atoms with Crippen LogP contribution in [0.5, 0.6) is 5.75 Å². The lowest BCUT2D eigenvalue weighted by atomic mass is 10.2. The lowest BCUT2D eigenvalue weighted by Gasteiger charge is -2.08. The minimum atomic E-state index is -0.256. The molecule has 1 N–H and O–H groups in total. The number of anilines is 1. The SMILES string of the molecule is COc1cc(C(=O)Nc2ccc3cccnc3n2)ccc1Br. The monoisotopic (exact) mass is 357 g/mol. The van der Waals surface area contributed by atoms with Crippen molar-refractivity contribution in [1.82, 2.24) is 9.97 Å². The van der Waals surface area contributed by atoms with E-state index in [1.54, 1.807) is 37.6 Å². The molecule has 0 aliphatic rings. The number of nitrogens with one attached hydrogen (secondary N) is 1. The summed E-state index contributed by atoms with van der Waals surface area (Å²) < 4.78 is 5.98. The van der Waals surface area contributed by atoms with Crippen LogP contribution < -0.4 is 10.1 Å². The van der Waals surface area contributed by atoms with Crippen molar-refractivity contribution in [3.05, 3.63) is 58.7 Å². The van der Waals surface area contributed by atoms with Crippen molar-refractivity contribution in [3.8, 4) is 5.75 Å². The normalized spacial score (nSPS) is 10.5. The number of aromatic nitrogens is 2. The molecule has 22 heavy (non-hydrogen) atoms. The van der Waals surface area contributed by atoms with E-state index in [4.69, 9.17) is 4.74 Å². The molecule has 0 bridgehead atoms. The summed E-state index contributed by atoms with van der Waals surface area (Å²) in [4.78, 5) is 20.8. The highest BCUT2D eigenvalue weighted by Gasteiger charge is 2.10. The Bertz CT molecular complexity index is 852. The smallest absolute Gasteiger partial charge is 0.256 e. The second-order valence-electron chi connectivity index (χ2n) is 4.55. The molecule has 5 nitrogen and oxygen atoms in total. The van der Waals surface area contributed by atoms with E-state index < -0.39 is 0 Å². The van der Waals surface area contributed by atoms with E-state index in [1.807, 2.05) is 18.2 Å². The fraction of sp³-hybridized carbons (Fsp3) is 0.0625. The molecule has 3 rings (SSSR count). The third-order valence-electron chi connectivity index (χ3n) is 3.12. The van der Waals surface area contributed by atoms with Crippen LogP contribution in [0.1, 0.15) is 10.4 Å². The van der Waals surface area contributed by atoms with Crippen LogP contribution in [-0.4, -0.2) is 23.0 Å². The zero-order valence-electron chi connectivity index (χ0n) is 11.7. The number of carbonyl (C=O) groups is 1. The van der Waals surface area contributed by atoms with Crippen LogP contribution in [0.4, 0.5) is 5.82 Å². The molecule has 0 aliphatic carbocycles. The predicted molar refractivity (Wildman–Crippen MR) is 88.2 cm³/mol. The lowest BCUT2D eigenvalue weighted by Crippen LogP contribution is -2.13. The quantitative estimate of drug-likeness (QED) is 0.776. The Balaban J connectivity index is 1.86. The van der Waals surface area contributed by atoms with Gasteiger partial charge in [-0.2, -0.15) is 0 Å². The highest BCUT2D eigenvalue weighted by Crippen LogP contribution is 2.26. The van der Waals surface area contributed by atoms with Crippen molar-refractivity contribution < 1.29 is 9.53 Å². The molecule has 2 aromatic heterocycles. The number of pyridine rings is 2. The van der Waals surface area contributed by atoms with Crippen molar-refractivity contribution in [2.45, 2.75) is 0 Å². The van der Waals surface area contributed by atoms with E-state index in [0.717, 1.165) is 9.86 Å². The topological polar surface area (TPSA) is 64.1 Å². The van der Waals surface area contributed by atoms with Gasteiger partial charge >= 0.3 is 0 Å². The second-order valence-corrected chi connectivity index (χ2v) is 5.40. The van der Waals surface area contributed by atoms with Crippen LogP contribution in [-0.2, 0) is 0 Å². The van der Waals surface area contributed by atoms with E-state index in [1.165, 1.54) is 0 Å². The van der Waals surface area contributed by atoms with Gasteiger partial charge in [-0.15, -0.1) is 0 Å². The first kappa shape index (κ1) is 14.5. The predicted octanol–water partition coefficient (Wildman–Crippen LogP) is 3.65. The summed E-state index contributed by atoms with van der Waals surface area (Å²) in [5.41, 5.74) is 1.08. The van der Waals surface area contributed by atoms with Crippen LogP contribution in [0.2, 0.25) is 0 Å². The van der Waals surface area contributed by atoms with Crippen molar-refractivity contribution >= 4 is 38.7 Å². The Hall–Kier alpha value is -2.47. The van der Waals surface area contributed by atoms with E-state index >= 15 is 0 Å². The first-order chi connectivity index (χ1) is 10.7. The molecule has 0 spiro atoms. The summed E-state index contributed by atoms with van der Waals surface area (Å²) in [7, 11) is 1.55. The minimum Gasteiger partial charge on any atom is -0.496 e. The van der Waals surface area contributed by atoms with Gasteiger partial charge in [0.15, 0.2) is 5.65 Å². The van der Waals surface area contributed by atoms with Gasteiger partial charge in [-0.05, 0) is 58.4 Å². The van der Waals surface area contributed by atoms with Crippen LogP contribution in [0.3, 0.4) is 0 Å². The molecule has 0 aliphatic heterocycles. The summed E-state index contributed by atoms with van der Waals surface area (Å²) in [5.74, 6) is 0.799. The number of methoxy groups -OCH3 is 1. The molecule has 0 atom stereocenters. The summed E-state index contributed by atoms with van der Waals surface area (Å²) in [6, 6.07) is 12.5. The minimum absolute atomic E-state index is 0.256. The molecule has 1 amide bonds. The molecule has 110 valence electrons. The molecular formula is C16H12BrN3O2. The number of hydrogen-bond donors (Lipinski definition) is 1. The van der Waals surface area contributed by atoms with Crippen molar-refractivity contribution in [2.24, 2.45) is 0 Å². The van der Waals surface area contributed by atoms with Crippen molar-refractivity contribution in [3.63, 3.8) is 0 Å². The van der Waals surface area contributed by atoms with Gasteiger partial charge in [0.2, 0.25) is 0 Å². The second kappa shape index (κ2) is 6.11. The number of amides is 1. The summed E-state index contributed by atoms with van der Waals surface area (Å²) in [6.07, 6.45) is 1.67. The van der Waals surface area contributed by atoms with Crippen LogP contribution >= 0.6 is 15.9 Å². The molecule has 6 heteroatoms. The maximum atomic E-state index is 12.3. The maximum absolute atomic E-state index is 12.3. The van der Waals surface area contributed by atoms with E-state index in [0.29, 0.717) is 22.8 Å². The van der Waals surface area contributed by atoms with Crippen molar-refractivity contribution in [2.75, 3.05) is 12.4 Å². The lowest BCUT2D eigenvalue weighted by molar-refractivity contribution is 0.102. The summed E-state index contributed by atoms with van der Waals surface area (Å²) in [5, 5.41) is 3.68. The Labute approximate surface area is 135 Å². The maximum Gasteiger partial charge on any atom is 0.256 e. The Morgan fingerprint density at radius 1 is 1.23 bits per heavy atom. The fourth-order valence-corrected chi connectivity index (χ4v) is 2.42. The van der Waals surface area contributed by atoms with E-state index in [2.05, 4.69) is 31.2 Å². The number of carbonyl (C=O) groups excluding carboxylic acids is 1. The molecule has 0 fully saturated rings. The number of fused-ring (bicyclic) bond motifs is 1. The van der Waals surface area contributed by atoms with E-state index in [9.17, 15) is 4.79 Å². The molecule has 0 saturated carbocycles. The van der Waals surface area contributed by atoms with Crippen LogP contribution in [0.15, 0.2) is 53.1 Å². The average Bonchev–Trinajstić information content (AvgIpc) is 2.55. The Morgan fingerprint density at radius 2 is 2.09 bits per heavy atom. The van der Waals surface area contributed by atoms with E-state index in [-0.39, 0.29) is 5.91 Å². The molecule has 0 unspecified atom stereocenters. The van der Waals surface area contributed by atoms with Gasteiger partial charge in [0, 0.05) is 17.1 Å². The standard InChI is InChI=1S/C16H12BrN3O2/c1-22-13-9-11(4-6-12(13)17)16(21)20-14-7-5-10-3-2-8-18-15(10)19-14/h2-9H,1H3,(H,18,19,20,21). The highest BCUT2D eigenvalue weighted by molar-refractivity contribution is 9.10. The number of hydrogen-bond acceptors (Lipinski definition) is 4. The molecule has 0 saturated heterocycles. The fourth-order valence-electron chi connectivity index (χ4n) is 2.01. The van der Waals surface area contributed by atoms with Gasteiger partial charge in [-0.25, -0.2) is 9.97 Å². The van der Waals surface area contributed by atoms with Gasteiger partial charge in [0.1, 0.15) is 11.6 Å². The number of benzene rings is 1. The average molecular weight is 358 g/mol. The van der Waals surface area contributed by atoms with Crippen LogP contribution in [0.25, 0.3) is 11.0 Å². The molecular weight excluding hydrogens is 346 g/mol. The van der Waals surface area contributed by atoms with Gasteiger partial charge in [-0.3, -0.25) is 4.79 Å². The van der Waals surface area contributed by atoms with Gasteiger partial charge in [0.05, 0.1) is 11.6 Å². The number of halogens is 1. The summed E-state index contributed by atoms with van der Waals surface area (Å²) in [6.45, 7) is 0. The number of ether oxygens (including phenoxy) is 1. The molecule has 3 aromatic rings. The van der Waals surface area contributed by atoms with Crippen molar-refractivity contribution in [1.29, 1.82) is 0 Å². The van der Waals surface area contributed by atoms with Gasteiger partial charge < -0.3 is 10.1 Å². The Morgan fingerprint density at radius 3 is 2.91 bits per heavy atom. The summed E-state index contributed by atoms with van der Waals surface area (Å²) >= 11 is 3.36. The number of nitrogens with zero attached hydrogens (tertiary/aromatic N) is 2. The largest absolute Gasteiger partial charge is 0.496 e.